The van der Waals surface area contributed by atoms with Gasteiger partial charge in [-0.1, -0.05) is 30.3 Å². The highest BCUT2D eigenvalue weighted by atomic mass is 19.1. The Labute approximate surface area is 109 Å². The van der Waals surface area contributed by atoms with Gasteiger partial charge in [-0.3, -0.25) is 14.9 Å². The fraction of sp³-hybridized carbons (Fsp3) is 0.0667. The summed E-state index contributed by atoms with van der Waals surface area (Å²) in [5.74, 6) is -1.45. The summed E-state index contributed by atoms with van der Waals surface area (Å²) in [6, 6.07) is 11.9. The number of fused-ring (bicyclic) bond motifs is 1. The molecule has 0 unspecified atom stereocenters. The summed E-state index contributed by atoms with van der Waals surface area (Å²) in [4.78, 5) is 23.3. The molecule has 3 nitrogen and oxygen atoms in total. The molecule has 0 saturated heterocycles. The van der Waals surface area contributed by atoms with Gasteiger partial charge in [0.1, 0.15) is 5.82 Å². The molecule has 0 aliphatic carbocycles. The van der Waals surface area contributed by atoms with E-state index in [1.165, 1.54) is 12.1 Å². The lowest BCUT2D eigenvalue weighted by atomic mass is 9.96. The summed E-state index contributed by atoms with van der Waals surface area (Å²) >= 11 is 0. The van der Waals surface area contributed by atoms with Crippen LogP contribution in [0.3, 0.4) is 0 Å². The predicted molar refractivity (Wildman–Crippen MR) is 67.4 cm³/mol. The van der Waals surface area contributed by atoms with Crippen LogP contribution in [0.2, 0.25) is 0 Å². The molecule has 1 aliphatic rings. The largest absolute Gasteiger partial charge is 0.288 e. The molecule has 3 rings (SSSR count). The third-order valence-electron chi connectivity index (χ3n) is 3.18. The zero-order chi connectivity index (χ0) is 13.4. The molecule has 0 fully saturated rings. The number of imide groups is 1. The van der Waals surface area contributed by atoms with E-state index in [4.69, 9.17) is 0 Å². The maximum absolute atomic E-state index is 13.9. The number of benzene rings is 2. The number of amides is 2. The SMILES string of the molecule is O=C1NC(=O)c2c1ccc(F)c2Cc1ccccc1. The normalized spacial score (nSPS) is 13.3. The van der Waals surface area contributed by atoms with Crippen molar-refractivity contribution >= 4 is 11.8 Å². The van der Waals surface area contributed by atoms with Crippen molar-refractivity contribution in [1.82, 2.24) is 5.32 Å². The second-order valence-corrected chi connectivity index (χ2v) is 4.39. The van der Waals surface area contributed by atoms with Crippen LogP contribution in [0, 0.1) is 5.82 Å². The molecule has 4 heteroatoms. The van der Waals surface area contributed by atoms with Crippen LogP contribution in [0.1, 0.15) is 31.8 Å². The van der Waals surface area contributed by atoms with E-state index in [9.17, 15) is 14.0 Å². The minimum atomic E-state index is -0.523. The van der Waals surface area contributed by atoms with Crippen molar-refractivity contribution in [2.75, 3.05) is 0 Å². The highest BCUT2D eigenvalue weighted by Gasteiger charge is 2.30. The molecule has 0 saturated carbocycles. The van der Waals surface area contributed by atoms with E-state index in [-0.39, 0.29) is 23.1 Å². The Hall–Kier alpha value is -2.49. The van der Waals surface area contributed by atoms with Crippen LogP contribution in [0.15, 0.2) is 42.5 Å². The molecule has 1 N–H and O–H groups in total. The second kappa shape index (κ2) is 4.31. The van der Waals surface area contributed by atoms with Crippen LogP contribution >= 0.6 is 0 Å². The van der Waals surface area contributed by atoms with Crippen molar-refractivity contribution < 1.29 is 14.0 Å². The fourth-order valence-corrected chi connectivity index (χ4v) is 2.28. The van der Waals surface area contributed by atoms with E-state index < -0.39 is 17.6 Å². The molecule has 0 radical (unpaired) electrons. The van der Waals surface area contributed by atoms with Gasteiger partial charge in [0.2, 0.25) is 0 Å². The first kappa shape index (κ1) is 11.6. The molecule has 19 heavy (non-hydrogen) atoms. The van der Waals surface area contributed by atoms with E-state index in [0.29, 0.717) is 0 Å². The Bertz CT molecular complexity index is 680. The van der Waals surface area contributed by atoms with Crippen LogP contribution in [-0.2, 0) is 6.42 Å². The molecule has 1 aliphatic heterocycles. The van der Waals surface area contributed by atoms with Gasteiger partial charge < -0.3 is 0 Å². The van der Waals surface area contributed by atoms with Crippen molar-refractivity contribution in [2.45, 2.75) is 6.42 Å². The first-order valence-corrected chi connectivity index (χ1v) is 5.88. The van der Waals surface area contributed by atoms with Crippen molar-refractivity contribution in [3.8, 4) is 0 Å². The monoisotopic (exact) mass is 255 g/mol. The molecule has 2 aromatic rings. The lowest BCUT2D eigenvalue weighted by Crippen LogP contribution is -2.20. The highest BCUT2D eigenvalue weighted by molar-refractivity contribution is 6.22. The van der Waals surface area contributed by atoms with Crippen molar-refractivity contribution in [3.63, 3.8) is 0 Å². The minimum absolute atomic E-state index is 0.161. The minimum Gasteiger partial charge on any atom is -0.288 e. The topological polar surface area (TPSA) is 46.2 Å². The third kappa shape index (κ3) is 1.91. The van der Waals surface area contributed by atoms with Gasteiger partial charge in [0.05, 0.1) is 11.1 Å². The Morgan fingerprint density at radius 3 is 2.42 bits per heavy atom. The number of hydrogen-bond acceptors (Lipinski definition) is 2. The molecule has 1 heterocycles. The molecule has 0 atom stereocenters. The fourth-order valence-electron chi connectivity index (χ4n) is 2.28. The first-order chi connectivity index (χ1) is 9.16. The molecule has 0 aromatic heterocycles. The maximum atomic E-state index is 13.9. The number of carbonyl (C=O) groups excluding carboxylic acids is 2. The summed E-state index contributed by atoms with van der Waals surface area (Å²) < 4.78 is 13.9. The molecule has 0 spiro atoms. The van der Waals surface area contributed by atoms with Gasteiger partial charge in [0, 0.05) is 12.0 Å². The maximum Gasteiger partial charge on any atom is 0.259 e. The zero-order valence-corrected chi connectivity index (χ0v) is 9.94. The Kier molecular flexibility index (Phi) is 2.63. The average Bonchev–Trinajstić information content (AvgIpc) is 2.69. The van der Waals surface area contributed by atoms with Gasteiger partial charge in [-0.25, -0.2) is 4.39 Å². The standard InChI is InChI=1S/C15H10FNO2/c16-12-7-6-10-13(15(19)17-14(10)18)11(12)8-9-4-2-1-3-5-9/h1-7H,8H2,(H,17,18,19). The first-order valence-electron chi connectivity index (χ1n) is 5.88. The lowest BCUT2D eigenvalue weighted by Gasteiger charge is -2.07. The third-order valence-corrected chi connectivity index (χ3v) is 3.18. The van der Waals surface area contributed by atoms with Gasteiger partial charge in [-0.2, -0.15) is 0 Å². The number of carbonyl (C=O) groups is 2. The predicted octanol–water partition coefficient (Wildman–Crippen LogP) is 2.30. The Morgan fingerprint density at radius 1 is 0.947 bits per heavy atom. The van der Waals surface area contributed by atoms with E-state index in [1.807, 2.05) is 30.3 Å². The van der Waals surface area contributed by atoms with Crippen LogP contribution < -0.4 is 5.32 Å². The summed E-state index contributed by atoms with van der Waals surface area (Å²) in [5.41, 5.74) is 1.57. The van der Waals surface area contributed by atoms with Gasteiger partial charge in [0.15, 0.2) is 0 Å². The highest BCUT2D eigenvalue weighted by Crippen LogP contribution is 2.25. The second-order valence-electron chi connectivity index (χ2n) is 4.39. The van der Waals surface area contributed by atoms with Gasteiger partial charge in [-0.05, 0) is 17.7 Å². The van der Waals surface area contributed by atoms with Crippen LogP contribution in [0.4, 0.5) is 4.39 Å². The Morgan fingerprint density at radius 2 is 1.68 bits per heavy atom. The van der Waals surface area contributed by atoms with E-state index in [2.05, 4.69) is 5.32 Å². The Balaban J connectivity index is 2.12. The smallest absolute Gasteiger partial charge is 0.259 e. The van der Waals surface area contributed by atoms with Crippen LogP contribution in [0.25, 0.3) is 0 Å². The van der Waals surface area contributed by atoms with Crippen LogP contribution in [-0.4, -0.2) is 11.8 Å². The molecule has 94 valence electrons. The van der Waals surface area contributed by atoms with Gasteiger partial charge >= 0.3 is 0 Å². The lowest BCUT2D eigenvalue weighted by molar-refractivity contribution is 0.0879. The summed E-state index contributed by atoms with van der Waals surface area (Å²) in [5, 5.41) is 2.19. The number of hydrogen-bond donors (Lipinski definition) is 1. The average molecular weight is 255 g/mol. The van der Waals surface area contributed by atoms with E-state index in [0.717, 1.165) is 5.56 Å². The molecular weight excluding hydrogens is 245 g/mol. The zero-order valence-electron chi connectivity index (χ0n) is 9.94. The number of nitrogens with one attached hydrogen (secondary N) is 1. The van der Waals surface area contributed by atoms with Crippen molar-refractivity contribution in [1.29, 1.82) is 0 Å². The molecule has 2 amide bonds. The summed E-state index contributed by atoms with van der Waals surface area (Å²) in [6.07, 6.45) is 0.288. The van der Waals surface area contributed by atoms with Crippen molar-refractivity contribution in [2.24, 2.45) is 0 Å². The molecular formula is C15H10FNO2. The summed E-state index contributed by atoms with van der Waals surface area (Å²) in [7, 11) is 0. The van der Waals surface area contributed by atoms with Crippen LogP contribution in [0.5, 0.6) is 0 Å². The van der Waals surface area contributed by atoms with Crippen molar-refractivity contribution in [3.05, 3.63) is 70.5 Å². The van der Waals surface area contributed by atoms with Gasteiger partial charge in [0.25, 0.3) is 11.8 Å². The number of halogens is 1. The van der Waals surface area contributed by atoms with E-state index >= 15 is 0 Å². The van der Waals surface area contributed by atoms with Gasteiger partial charge in [-0.15, -0.1) is 0 Å². The summed E-state index contributed by atoms with van der Waals surface area (Å²) in [6.45, 7) is 0. The number of rotatable bonds is 2. The quantitative estimate of drug-likeness (QED) is 0.837. The molecule has 0 bridgehead atoms. The molecule has 2 aromatic carbocycles. The van der Waals surface area contributed by atoms with E-state index in [1.54, 1.807) is 0 Å².